The lowest BCUT2D eigenvalue weighted by Gasteiger charge is -2.31. The van der Waals surface area contributed by atoms with E-state index in [0.717, 1.165) is 43.9 Å². The molecule has 6 heteroatoms. The van der Waals surface area contributed by atoms with Crippen LogP contribution in [0.5, 0.6) is 0 Å². The predicted molar refractivity (Wildman–Crippen MR) is 120 cm³/mol. The van der Waals surface area contributed by atoms with Crippen LogP contribution in [0, 0.1) is 5.92 Å². The monoisotopic (exact) mass is 445 g/mol. The average Bonchev–Trinajstić information content (AvgIpc) is 2.91. The van der Waals surface area contributed by atoms with Crippen molar-refractivity contribution in [3.8, 4) is 0 Å². The van der Waals surface area contributed by atoms with E-state index in [4.69, 9.17) is 21.1 Å². The summed E-state index contributed by atoms with van der Waals surface area (Å²) in [6.45, 7) is 5.71. The van der Waals surface area contributed by atoms with Gasteiger partial charge in [-0.15, -0.1) is 0 Å². The highest BCUT2D eigenvalue weighted by Crippen LogP contribution is 2.42. The van der Waals surface area contributed by atoms with Crippen LogP contribution in [0.3, 0.4) is 0 Å². The van der Waals surface area contributed by atoms with Gasteiger partial charge >= 0.3 is 5.97 Å². The van der Waals surface area contributed by atoms with Gasteiger partial charge in [0, 0.05) is 27.8 Å². The molecule has 0 radical (unpaired) electrons. The van der Waals surface area contributed by atoms with E-state index < -0.39 is 0 Å². The van der Waals surface area contributed by atoms with E-state index in [2.05, 4.69) is 41.3 Å². The predicted octanol–water partition coefficient (Wildman–Crippen LogP) is 5.38. The van der Waals surface area contributed by atoms with Crippen LogP contribution in [-0.4, -0.2) is 43.7 Å². The van der Waals surface area contributed by atoms with Gasteiger partial charge in [-0.05, 0) is 68.2 Å². The molecule has 1 saturated heterocycles. The van der Waals surface area contributed by atoms with Gasteiger partial charge < -0.3 is 14.4 Å². The number of hydrogen-bond acceptors (Lipinski definition) is 5. The summed E-state index contributed by atoms with van der Waals surface area (Å²) in [5, 5.41) is 0.767. The maximum absolute atomic E-state index is 11.9. The Morgan fingerprint density at radius 3 is 2.77 bits per heavy atom. The van der Waals surface area contributed by atoms with Gasteiger partial charge in [0.05, 0.1) is 25.2 Å². The first-order valence-corrected chi connectivity index (χ1v) is 11.9. The number of ether oxygens (including phenoxy) is 2. The summed E-state index contributed by atoms with van der Waals surface area (Å²) < 4.78 is 11.6. The Balaban J connectivity index is 1.36. The van der Waals surface area contributed by atoms with E-state index in [1.807, 2.05) is 13.0 Å². The maximum atomic E-state index is 11.9. The largest absolute Gasteiger partial charge is 0.466 e. The summed E-state index contributed by atoms with van der Waals surface area (Å²) in [6.07, 6.45) is 2.58. The lowest BCUT2D eigenvalue weighted by atomic mass is 9.97. The zero-order valence-electron chi connectivity index (χ0n) is 17.3. The second-order valence-corrected chi connectivity index (χ2v) is 9.34. The van der Waals surface area contributed by atoms with Gasteiger partial charge in [-0.3, -0.25) is 4.79 Å². The van der Waals surface area contributed by atoms with Gasteiger partial charge in [-0.2, -0.15) is 0 Å². The minimum absolute atomic E-state index is 0.0190. The average molecular weight is 446 g/mol. The number of halogens is 1. The van der Waals surface area contributed by atoms with Crippen molar-refractivity contribution in [2.24, 2.45) is 5.92 Å². The third-order valence-corrected chi connectivity index (χ3v) is 7.29. The van der Waals surface area contributed by atoms with Crippen molar-refractivity contribution in [1.29, 1.82) is 0 Å². The van der Waals surface area contributed by atoms with Gasteiger partial charge in [0.2, 0.25) is 0 Å². The molecule has 2 aromatic rings. The molecule has 2 aromatic carbocycles. The highest BCUT2D eigenvalue weighted by atomic mass is 35.5. The third kappa shape index (κ3) is 5.20. The van der Waals surface area contributed by atoms with Crippen molar-refractivity contribution in [3.63, 3.8) is 0 Å². The van der Waals surface area contributed by atoms with E-state index >= 15 is 0 Å². The number of esters is 1. The summed E-state index contributed by atoms with van der Waals surface area (Å²) in [7, 11) is 0. The van der Waals surface area contributed by atoms with Gasteiger partial charge in [0.25, 0.3) is 0 Å². The van der Waals surface area contributed by atoms with E-state index in [-0.39, 0.29) is 18.0 Å². The molecule has 1 unspecified atom stereocenters. The molecule has 1 atom stereocenters. The highest BCUT2D eigenvalue weighted by molar-refractivity contribution is 7.99. The van der Waals surface area contributed by atoms with E-state index in [9.17, 15) is 4.79 Å². The Hall–Kier alpha value is -1.53. The first-order valence-electron chi connectivity index (χ1n) is 10.7. The normalized spacial score (nSPS) is 19.6. The van der Waals surface area contributed by atoms with Crippen molar-refractivity contribution in [2.45, 2.75) is 42.1 Å². The number of carbonyl (C=O) groups is 1. The number of carbonyl (C=O) groups excluding carboxylic acids is 1. The summed E-state index contributed by atoms with van der Waals surface area (Å²) in [4.78, 5) is 16.8. The molecule has 2 aliphatic rings. The molecule has 1 fully saturated rings. The summed E-state index contributed by atoms with van der Waals surface area (Å²) >= 11 is 8.05. The molecule has 0 N–H and O–H groups in total. The topological polar surface area (TPSA) is 38.8 Å². The van der Waals surface area contributed by atoms with E-state index in [1.165, 1.54) is 20.9 Å². The maximum Gasteiger partial charge on any atom is 0.309 e. The van der Waals surface area contributed by atoms with Crippen molar-refractivity contribution in [3.05, 3.63) is 58.6 Å². The highest BCUT2D eigenvalue weighted by Gasteiger charge is 2.27. The van der Waals surface area contributed by atoms with Crippen LogP contribution >= 0.6 is 23.4 Å². The van der Waals surface area contributed by atoms with Gasteiger partial charge in [-0.1, -0.05) is 41.6 Å². The molecule has 0 saturated carbocycles. The van der Waals surface area contributed by atoms with Crippen LogP contribution in [0.2, 0.25) is 5.02 Å². The lowest BCUT2D eigenvalue weighted by Crippen LogP contribution is -2.38. The standard InChI is InChI=1S/C24H28ClNO3S/c1-2-28-24(27)17-9-11-26(12-10-17)13-14-29-21-16-18-15-19(25)7-8-22(18)30-23-6-4-3-5-20(21)23/h3-8,15,17,21H,2,9-14,16H2,1H3. The summed E-state index contributed by atoms with van der Waals surface area (Å²) in [5.74, 6) is 0.00687. The number of nitrogens with zero attached hydrogens (tertiary/aromatic N) is 1. The molecule has 0 amide bonds. The number of rotatable bonds is 6. The Morgan fingerprint density at radius 2 is 1.97 bits per heavy atom. The third-order valence-electron chi connectivity index (χ3n) is 5.85. The van der Waals surface area contributed by atoms with Crippen LogP contribution in [-0.2, 0) is 20.7 Å². The van der Waals surface area contributed by atoms with Crippen molar-refractivity contribution < 1.29 is 14.3 Å². The molecule has 0 aromatic heterocycles. The number of fused-ring (bicyclic) bond motifs is 2. The molecule has 30 heavy (non-hydrogen) atoms. The van der Waals surface area contributed by atoms with Crippen LogP contribution < -0.4 is 0 Å². The fraction of sp³-hybridized carbons (Fsp3) is 0.458. The summed E-state index contributed by atoms with van der Waals surface area (Å²) in [6, 6.07) is 14.6. The Bertz CT molecular complexity index is 883. The van der Waals surface area contributed by atoms with Crippen LogP contribution in [0.25, 0.3) is 0 Å². The minimum Gasteiger partial charge on any atom is -0.466 e. The van der Waals surface area contributed by atoms with E-state index in [1.54, 1.807) is 11.8 Å². The van der Waals surface area contributed by atoms with Crippen LogP contribution in [0.1, 0.15) is 37.0 Å². The Kier molecular flexibility index (Phi) is 7.37. The molecule has 0 bridgehead atoms. The fourth-order valence-electron chi connectivity index (χ4n) is 4.20. The Labute approximate surface area is 187 Å². The van der Waals surface area contributed by atoms with E-state index in [0.29, 0.717) is 13.2 Å². The van der Waals surface area contributed by atoms with Gasteiger partial charge in [-0.25, -0.2) is 0 Å². The second kappa shape index (κ2) is 10.2. The molecule has 4 rings (SSSR count). The molecule has 2 aliphatic heterocycles. The quantitative estimate of drug-likeness (QED) is 0.558. The fourth-order valence-corrected chi connectivity index (χ4v) is 5.50. The van der Waals surface area contributed by atoms with Gasteiger partial charge in [0.1, 0.15) is 0 Å². The molecule has 160 valence electrons. The first-order chi connectivity index (χ1) is 14.6. The molecular weight excluding hydrogens is 418 g/mol. The van der Waals surface area contributed by atoms with Crippen LogP contribution in [0.4, 0.5) is 0 Å². The second-order valence-electron chi connectivity index (χ2n) is 7.82. The van der Waals surface area contributed by atoms with Crippen LogP contribution in [0.15, 0.2) is 52.3 Å². The van der Waals surface area contributed by atoms with Crippen molar-refractivity contribution in [2.75, 3.05) is 32.8 Å². The zero-order chi connectivity index (χ0) is 20.9. The smallest absolute Gasteiger partial charge is 0.309 e. The summed E-state index contributed by atoms with van der Waals surface area (Å²) in [5.41, 5.74) is 2.49. The number of likely N-dealkylation sites (tertiary alicyclic amines) is 1. The molecular formula is C24H28ClNO3S. The SMILES string of the molecule is CCOC(=O)C1CCN(CCOC2Cc3cc(Cl)ccc3Sc3ccccc32)CC1. The van der Waals surface area contributed by atoms with Crippen molar-refractivity contribution in [1.82, 2.24) is 4.90 Å². The Morgan fingerprint density at radius 1 is 1.17 bits per heavy atom. The lowest BCUT2D eigenvalue weighted by molar-refractivity contribution is -0.149. The number of benzene rings is 2. The molecule has 0 spiro atoms. The minimum atomic E-state index is -0.0433. The van der Waals surface area contributed by atoms with Crippen molar-refractivity contribution >= 4 is 29.3 Å². The molecule has 0 aliphatic carbocycles. The number of piperidine rings is 1. The molecule has 4 nitrogen and oxygen atoms in total. The van der Waals surface area contributed by atoms with Gasteiger partial charge in [0.15, 0.2) is 0 Å². The number of hydrogen-bond donors (Lipinski definition) is 0. The first kappa shape index (κ1) is 21.7. The molecule has 2 heterocycles. The zero-order valence-corrected chi connectivity index (χ0v) is 18.9.